The highest BCUT2D eigenvalue weighted by Gasteiger charge is 2.41. The summed E-state index contributed by atoms with van der Waals surface area (Å²) in [7, 11) is 0. The molecule has 2 aromatic heterocycles. The van der Waals surface area contributed by atoms with Crippen molar-refractivity contribution in [3.05, 3.63) is 52.8 Å². The lowest BCUT2D eigenvalue weighted by Gasteiger charge is -2.27. The highest BCUT2D eigenvalue weighted by atomic mass is 16.5. The van der Waals surface area contributed by atoms with E-state index in [1.807, 2.05) is 25.1 Å². The van der Waals surface area contributed by atoms with E-state index >= 15 is 0 Å². The van der Waals surface area contributed by atoms with Gasteiger partial charge in [0.25, 0.3) is 0 Å². The molecule has 1 saturated carbocycles. The second-order valence-electron chi connectivity index (χ2n) is 7.47. The van der Waals surface area contributed by atoms with E-state index in [1.54, 1.807) is 6.92 Å². The maximum atomic E-state index is 13.0. The molecule has 0 bridgehead atoms. The van der Waals surface area contributed by atoms with Crippen LogP contribution in [0, 0.1) is 20.8 Å². The molecule has 1 amide bonds. The minimum Gasteiger partial charge on any atom is -0.343 e. The number of para-hydroxylation sites is 1. The first-order valence-electron chi connectivity index (χ1n) is 9.45. The minimum absolute atomic E-state index is 0.0253. The van der Waals surface area contributed by atoms with E-state index in [9.17, 15) is 4.79 Å². The van der Waals surface area contributed by atoms with E-state index in [0.717, 1.165) is 53.4 Å². The van der Waals surface area contributed by atoms with Gasteiger partial charge in [0.2, 0.25) is 11.8 Å². The number of rotatable bonds is 4. The van der Waals surface area contributed by atoms with Crippen LogP contribution in [0.25, 0.3) is 10.9 Å². The zero-order valence-electron chi connectivity index (χ0n) is 16.0. The molecule has 27 heavy (non-hydrogen) atoms. The first-order chi connectivity index (χ1) is 13.0. The molecular weight excluding hydrogens is 340 g/mol. The number of pyridine rings is 1. The van der Waals surface area contributed by atoms with Gasteiger partial charge in [-0.15, -0.1) is 0 Å². The van der Waals surface area contributed by atoms with Gasteiger partial charge in [-0.25, -0.2) is 0 Å². The van der Waals surface area contributed by atoms with Gasteiger partial charge >= 0.3 is 0 Å². The van der Waals surface area contributed by atoms with Crippen molar-refractivity contribution in [1.82, 2.24) is 20.4 Å². The molecule has 0 spiro atoms. The van der Waals surface area contributed by atoms with Gasteiger partial charge in [-0.05, 0) is 43.9 Å². The van der Waals surface area contributed by atoms with Gasteiger partial charge in [-0.3, -0.25) is 9.78 Å². The second kappa shape index (κ2) is 6.76. The number of aryl methyl sites for hydroxylation is 3. The molecule has 0 aliphatic heterocycles. The zero-order valence-corrected chi connectivity index (χ0v) is 16.0. The Kier molecular flexibility index (Phi) is 4.42. The molecule has 1 aromatic carbocycles. The predicted molar refractivity (Wildman–Crippen MR) is 102 cm³/mol. The Morgan fingerprint density at radius 1 is 1.15 bits per heavy atom. The molecular formula is C21H24N4O2. The van der Waals surface area contributed by atoms with Crippen molar-refractivity contribution in [3.63, 3.8) is 0 Å². The molecule has 0 atom stereocenters. The summed E-state index contributed by atoms with van der Waals surface area (Å²) < 4.78 is 5.17. The molecule has 1 aliphatic rings. The minimum atomic E-state index is -0.513. The molecule has 140 valence electrons. The van der Waals surface area contributed by atoms with Crippen molar-refractivity contribution in [2.45, 2.75) is 58.4 Å². The standard InChI is InChI=1S/C21H24N4O2/c1-13-16-8-4-5-9-18(16)22-14(2)17(13)12-19(26)24-21(10-6-7-11-21)20-23-15(3)27-25-20/h4-5,8-9H,6-7,10-12H2,1-3H3,(H,24,26). The van der Waals surface area contributed by atoms with Gasteiger partial charge in [0, 0.05) is 18.0 Å². The SMILES string of the molecule is Cc1nc(C2(NC(=O)Cc3c(C)nc4ccccc4c3C)CCCC2)no1. The van der Waals surface area contributed by atoms with Gasteiger partial charge in [0.05, 0.1) is 11.9 Å². The number of benzene rings is 1. The molecule has 1 fully saturated rings. The van der Waals surface area contributed by atoms with E-state index < -0.39 is 5.54 Å². The van der Waals surface area contributed by atoms with E-state index in [4.69, 9.17) is 4.52 Å². The van der Waals surface area contributed by atoms with Crippen LogP contribution >= 0.6 is 0 Å². The fourth-order valence-electron chi connectivity index (χ4n) is 4.18. The number of carbonyl (C=O) groups excluding carboxylic acids is 1. The van der Waals surface area contributed by atoms with Crippen LogP contribution < -0.4 is 5.32 Å². The lowest BCUT2D eigenvalue weighted by molar-refractivity contribution is -0.122. The number of carbonyl (C=O) groups is 1. The Balaban J connectivity index is 1.61. The molecule has 3 aromatic rings. The van der Waals surface area contributed by atoms with E-state index in [0.29, 0.717) is 18.1 Å². The average Bonchev–Trinajstić information content (AvgIpc) is 3.28. The van der Waals surface area contributed by atoms with Crippen LogP contribution in [-0.2, 0) is 16.8 Å². The van der Waals surface area contributed by atoms with Gasteiger partial charge in [-0.2, -0.15) is 4.98 Å². The summed E-state index contributed by atoms with van der Waals surface area (Å²) in [5.41, 5.74) is 3.46. The van der Waals surface area contributed by atoms with Crippen LogP contribution in [0.15, 0.2) is 28.8 Å². The maximum Gasteiger partial charge on any atom is 0.225 e. The van der Waals surface area contributed by atoms with Crippen molar-refractivity contribution in [3.8, 4) is 0 Å². The Morgan fingerprint density at radius 3 is 2.59 bits per heavy atom. The molecule has 4 rings (SSSR count). The highest BCUT2D eigenvalue weighted by molar-refractivity contribution is 5.86. The smallest absolute Gasteiger partial charge is 0.225 e. The topological polar surface area (TPSA) is 80.9 Å². The van der Waals surface area contributed by atoms with Crippen molar-refractivity contribution in [1.29, 1.82) is 0 Å². The number of hydrogen-bond acceptors (Lipinski definition) is 5. The third kappa shape index (κ3) is 3.20. The Labute approximate surface area is 158 Å². The number of fused-ring (bicyclic) bond motifs is 1. The first-order valence-corrected chi connectivity index (χ1v) is 9.45. The van der Waals surface area contributed by atoms with E-state index in [1.165, 1.54) is 0 Å². The first kappa shape index (κ1) is 17.6. The van der Waals surface area contributed by atoms with Crippen LogP contribution in [-0.4, -0.2) is 21.0 Å². The van der Waals surface area contributed by atoms with Crippen molar-refractivity contribution in [2.24, 2.45) is 0 Å². The summed E-state index contributed by atoms with van der Waals surface area (Å²) in [6.07, 6.45) is 4.07. The fraction of sp³-hybridized carbons (Fsp3) is 0.429. The van der Waals surface area contributed by atoms with Gasteiger partial charge in [-0.1, -0.05) is 36.2 Å². The maximum absolute atomic E-state index is 13.0. The number of amides is 1. The van der Waals surface area contributed by atoms with Crippen LogP contribution in [0.2, 0.25) is 0 Å². The summed E-state index contributed by atoms with van der Waals surface area (Å²) in [5.74, 6) is 1.09. The Bertz CT molecular complexity index is 1000. The molecule has 1 N–H and O–H groups in total. The van der Waals surface area contributed by atoms with Gasteiger partial charge in [0.15, 0.2) is 5.82 Å². The van der Waals surface area contributed by atoms with E-state index in [2.05, 4.69) is 33.4 Å². The monoisotopic (exact) mass is 364 g/mol. The fourth-order valence-corrected chi connectivity index (χ4v) is 4.18. The summed E-state index contributed by atoms with van der Waals surface area (Å²) in [6.45, 7) is 5.80. The van der Waals surface area contributed by atoms with Crippen LogP contribution in [0.1, 0.15) is 54.2 Å². The third-order valence-electron chi connectivity index (χ3n) is 5.61. The number of nitrogens with zero attached hydrogens (tertiary/aromatic N) is 3. The molecule has 6 heteroatoms. The summed E-state index contributed by atoms with van der Waals surface area (Å²) in [5, 5.41) is 8.41. The van der Waals surface area contributed by atoms with Gasteiger partial charge < -0.3 is 9.84 Å². The van der Waals surface area contributed by atoms with Gasteiger partial charge in [0.1, 0.15) is 5.54 Å². The largest absolute Gasteiger partial charge is 0.343 e. The predicted octanol–water partition coefficient (Wildman–Crippen LogP) is 3.67. The molecule has 6 nitrogen and oxygen atoms in total. The van der Waals surface area contributed by atoms with Crippen LogP contribution in [0.5, 0.6) is 0 Å². The normalized spacial score (nSPS) is 16.0. The third-order valence-corrected chi connectivity index (χ3v) is 5.61. The number of nitrogens with one attached hydrogen (secondary N) is 1. The molecule has 0 saturated heterocycles. The van der Waals surface area contributed by atoms with E-state index in [-0.39, 0.29) is 5.91 Å². The number of aromatic nitrogens is 3. The molecule has 2 heterocycles. The molecule has 0 radical (unpaired) electrons. The second-order valence-corrected chi connectivity index (χ2v) is 7.47. The quantitative estimate of drug-likeness (QED) is 0.764. The summed E-state index contributed by atoms with van der Waals surface area (Å²) in [4.78, 5) is 22.0. The van der Waals surface area contributed by atoms with Crippen molar-refractivity contribution in [2.75, 3.05) is 0 Å². The zero-order chi connectivity index (χ0) is 19.0. The highest BCUT2D eigenvalue weighted by Crippen LogP contribution is 2.37. The summed E-state index contributed by atoms with van der Waals surface area (Å²) in [6, 6.07) is 8.05. The Hall–Kier alpha value is -2.76. The average molecular weight is 364 g/mol. The molecule has 1 aliphatic carbocycles. The number of hydrogen-bond donors (Lipinski definition) is 1. The van der Waals surface area contributed by atoms with Crippen LogP contribution in [0.3, 0.4) is 0 Å². The molecule has 0 unspecified atom stereocenters. The van der Waals surface area contributed by atoms with Crippen LogP contribution in [0.4, 0.5) is 0 Å². The Morgan fingerprint density at radius 2 is 1.89 bits per heavy atom. The summed E-state index contributed by atoms with van der Waals surface area (Å²) >= 11 is 0. The van der Waals surface area contributed by atoms with Crippen molar-refractivity contribution < 1.29 is 9.32 Å². The lowest BCUT2D eigenvalue weighted by atomic mass is 9.94. The van der Waals surface area contributed by atoms with Crippen molar-refractivity contribution >= 4 is 16.8 Å². The lowest BCUT2D eigenvalue weighted by Crippen LogP contribution is -2.45.